The number of halogens is 1. The molecule has 0 radical (unpaired) electrons. The predicted molar refractivity (Wildman–Crippen MR) is 87.3 cm³/mol. The first kappa shape index (κ1) is 16.5. The molecule has 0 aliphatic carbocycles. The van der Waals surface area contributed by atoms with E-state index in [-0.39, 0.29) is 11.1 Å². The highest BCUT2D eigenvalue weighted by Gasteiger charge is 2.38. The Kier molecular flexibility index (Phi) is 5.42. The Labute approximate surface area is 123 Å². The van der Waals surface area contributed by atoms with E-state index >= 15 is 0 Å². The third-order valence-corrected chi connectivity index (χ3v) is 8.50. The molecule has 1 rings (SSSR count). The number of benzene rings is 1. The molecule has 1 nitrogen and oxygen atoms in total. The number of rotatable bonds is 4. The predicted octanol–water partition coefficient (Wildman–Crippen LogP) is 5.98. The molecule has 19 heavy (non-hydrogen) atoms. The fourth-order valence-electron chi connectivity index (χ4n) is 1.54. The summed E-state index contributed by atoms with van der Waals surface area (Å²) in [5.41, 5.74) is 1.16. The van der Waals surface area contributed by atoms with Crippen molar-refractivity contribution >= 4 is 19.9 Å². The van der Waals surface area contributed by atoms with Gasteiger partial charge in [-0.25, -0.2) is 0 Å². The smallest absolute Gasteiger partial charge is 0.193 e. The summed E-state index contributed by atoms with van der Waals surface area (Å²) >= 11 is 5.95. The van der Waals surface area contributed by atoms with Gasteiger partial charge in [0.25, 0.3) is 0 Å². The van der Waals surface area contributed by atoms with Crippen LogP contribution in [0.15, 0.2) is 36.4 Å². The molecule has 0 saturated carbocycles. The van der Waals surface area contributed by atoms with E-state index < -0.39 is 8.32 Å². The molecule has 3 heteroatoms. The van der Waals surface area contributed by atoms with E-state index in [2.05, 4.69) is 39.9 Å². The molecule has 0 spiro atoms. The van der Waals surface area contributed by atoms with Crippen molar-refractivity contribution < 1.29 is 4.43 Å². The van der Waals surface area contributed by atoms with E-state index in [9.17, 15) is 0 Å². The summed E-state index contributed by atoms with van der Waals surface area (Å²) < 4.78 is 6.48. The van der Waals surface area contributed by atoms with Crippen molar-refractivity contribution in [1.82, 2.24) is 0 Å². The quantitative estimate of drug-likeness (QED) is 0.490. The average Bonchev–Trinajstić information content (AvgIpc) is 2.27. The molecule has 106 valence electrons. The second kappa shape index (κ2) is 6.25. The molecule has 1 unspecified atom stereocenters. The van der Waals surface area contributed by atoms with Gasteiger partial charge in [0.2, 0.25) is 0 Å². The first-order valence-corrected chi connectivity index (χ1v) is 10.0. The van der Waals surface area contributed by atoms with Crippen LogP contribution in [0.4, 0.5) is 0 Å². The Morgan fingerprint density at radius 2 is 1.68 bits per heavy atom. The SMILES string of the molecule is C/C=C/C(O[Si](C)(C)C(C)(C)C)c1ccc(Cl)cc1. The van der Waals surface area contributed by atoms with Gasteiger partial charge in [-0.05, 0) is 42.8 Å². The Morgan fingerprint density at radius 1 is 1.16 bits per heavy atom. The average molecular weight is 297 g/mol. The molecule has 0 aromatic heterocycles. The van der Waals surface area contributed by atoms with Crippen LogP contribution in [0.5, 0.6) is 0 Å². The Morgan fingerprint density at radius 3 is 2.11 bits per heavy atom. The molecule has 1 aromatic carbocycles. The molecular weight excluding hydrogens is 272 g/mol. The lowest BCUT2D eigenvalue weighted by Crippen LogP contribution is -2.41. The standard InChI is InChI=1S/C16H25ClOSi/c1-7-8-15(13-9-11-14(17)12-10-13)18-19(5,6)16(2,3)4/h7-12,15H,1-6H3/b8-7+. The molecule has 1 atom stereocenters. The zero-order valence-electron chi connectivity index (χ0n) is 12.8. The molecule has 0 amide bonds. The Balaban J connectivity index is 3.00. The van der Waals surface area contributed by atoms with Crippen LogP contribution in [0.1, 0.15) is 39.4 Å². The van der Waals surface area contributed by atoms with Gasteiger partial charge in [-0.2, -0.15) is 0 Å². The van der Waals surface area contributed by atoms with Crippen LogP contribution in [-0.4, -0.2) is 8.32 Å². The molecule has 0 fully saturated rings. The lowest BCUT2D eigenvalue weighted by atomic mass is 10.1. The topological polar surface area (TPSA) is 9.23 Å². The van der Waals surface area contributed by atoms with Gasteiger partial charge in [-0.1, -0.05) is 56.7 Å². The van der Waals surface area contributed by atoms with E-state index in [0.717, 1.165) is 10.6 Å². The van der Waals surface area contributed by atoms with Crippen molar-refractivity contribution in [3.05, 3.63) is 47.0 Å². The second-order valence-corrected chi connectivity index (χ2v) is 11.6. The van der Waals surface area contributed by atoms with Crippen molar-refractivity contribution in [3.63, 3.8) is 0 Å². The number of hydrogen-bond donors (Lipinski definition) is 0. The van der Waals surface area contributed by atoms with Gasteiger partial charge in [0.05, 0.1) is 6.10 Å². The highest BCUT2D eigenvalue weighted by molar-refractivity contribution is 6.74. The summed E-state index contributed by atoms with van der Waals surface area (Å²) in [5, 5.41) is 0.967. The van der Waals surface area contributed by atoms with Crippen molar-refractivity contribution in [2.45, 2.75) is 51.9 Å². The maximum absolute atomic E-state index is 6.48. The van der Waals surface area contributed by atoms with Gasteiger partial charge in [-0.3, -0.25) is 0 Å². The summed E-state index contributed by atoms with van der Waals surface area (Å²) in [6, 6.07) is 7.92. The first-order valence-electron chi connectivity index (χ1n) is 6.73. The van der Waals surface area contributed by atoms with Crippen molar-refractivity contribution in [1.29, 1.82) is 0 Å². The monoisotopic (exact) mass is 296 g/mol. The van der Waals surface area contributed by atoms with Gasteiger partial charge in [-0.15, -0.1) is 0 Å². The lowest BCUT2D eigenvalue weighted by molar-refractivity contribution is 0.229. The number of allylic oxidation sites excluding steroid dienone is 1. The van der Waals surface area contributed by atoms with Crippen LogP contribution in [0, 0.1) is 0 Å². The van der Waals surface area contributed by atoms with Gasteiger partial charge in [0, 0.05) is 5.02 Å². The highest BCUT2D eigenvalue weighted by Crippen LogP contribution is 2.40. The molecule has 0 heterocycles. The zero-order valence-corrected chi connectivity index (χ0v) is 14.6. The zero-order chi connectivity index (χ0) is 14.7. The van der Waals surface area contributed by atoms with Gasteiger partial charge >= 0.3 is 0 Å². The fraction of sp³-hybridized carbons (Fsp3) is 0.500. The third kappa shape index (κ3) is 4.48. The van der Waals surface area contributed by atoms with Crippen LogP contribution in [-0.2, 0) is 4.43 Å². The van der Waals surface area contributed by atoms with Crippen LogP contribution < -0.4 is 0 Å². The second-order valence-electron chi connectivity index (χ2n) is 6.38. The summed E-state index contributed by atoms with van der Waals surface area (Å²) in [7, 11) is -1.79. The van der Waals surface area contributed by atoms with Gasteiger partial charge < -0.3 is 4.43 Å². The Hall–Kier alpha value is -0.573. The molecule has 0 aliphatic heterocycles. The minimum Gasteiger partial charge on any atom is -0.407 e. The molecule has 0 bridgehead atoms. The van der Waals surface area contributed by atoms with Crippen molar-refractivity contribution in [2.24, 2.45) is 0 Å². The molecule has 0 N–H and O–H groups in total. The summed E-state index contributed by atoms with van der Waals surface area (Å²) in [6.07, 6.45) is 4.18. The van der Waals surface area contributed by atoms with E-state index in [1.165, 1.54) is 0 Å². The summed E-state index contributed by atoms with van der Waals surface area (Å²) in [5.74, 6) is 0. The number of hydrogen-bond acceptors (Lipinski definition) is 1. The lowest BCUT2D eigenvalue weighted by Gasteiger charge is -2.38. The minimum atomic E-state index is -1.79. The van der Waals surface area contributed by atoms with Crippen LogP contribution >= 0.6 is 11.6 Å². The molecular formula is C16H25ClOSi. The largest absolute Gasteiger partial charge is 0.407 e. The van der Waals surface area contributed by atoms with E-state index in [4.69, 9.17) is 16.0 Å². The van der Waals surface area contributed by atoms with Crippen molar-refractivity contribution in [3.8, 4) is 0 Å². The molecule has 1 aromatic rings. The van der Waals surface area contributed by atoms with E-state index in [1.807, 2.05) is 37.3 Å². The first-order chi connectivity index (χ1) is 8.67. The van der Waals surface area contributed by atoms with Crippen LogP contribution in [0.2, 0.25) is 23.2 Å². The minimum absolute atomic E-state index is 0.0168. The summed E-state index contributed by atoms with van der Waals surface area (Å²) in [6.45, 7) is 13.4. The maximum Gasteiger partial charge on any atom is 0.193 e. The van der Waals surface area contributed by atoms with E-state index in [1.54, 1.807) is 0 Å². The van der Waals surface area contributed by atoms with Gasteiger partial charge in [0.15, 0.2) is 8.32 Å². The maximum atomic E-state index is 6.48. The highest BCUT2D eigenvalue weighted by atomic mass is 35.5. The van der Waals surface area contributed by atoms with Crippen LogP contribution in [0.25, 0.3) is 0 Å². The van der Waals surface area contributed by atoms with E-state index in [0.29, 0.717) is 0 Å². The fourth-order valence-corrected chi connectivity index (χ4v) is 2.87. The third-order valence-electron chi connectivity index (χ3n) is 3.79. The van der Waals surface area contributed by atoms with Crippen LogP contribution in [0.3, 0.4) is 0 Å². The van der Waals surface area contributed by atoms with Crippen molar-refractivity contribution in [2.75, 3.05) is 0 Å². The normalized spacial score (nSPS) is 14.9. The summed E-state index contributed by atoms with van der Waals surface area (Å²) in [4.78, 5) is 0. The Bertz CT molecular complexity index is 429. The molecule has 0 saturated heterocycles. The van der Waals surface area contributed by atoms with Gasteiger partial charge in [0.1, 0.15) is 0 Å². The molecule has 0 aliphatic rings.